The van der Waals surface area contributed by atoms with Gasteiger partial charge in [-0.25, -0.2) is 4.68 Å². The molecule has 0 saturated carbocycles. The van der Waals surface area contributed by atoms with Gasteiger partial charge in [-0.1, -0.05) is 22.9 Å². The zero-order valence-electron chi connectivity index (χ0n) is 9.51. The van der Waals surface area contributed by atoms with Gasteiger partial charge in [-0.2, -0.15) is 5.10 Å². The van der Waals surface area contributed by atoms with E-state index in [9.17, 15) is 0 Å². The Hall–Kier alpha value is -0.270. The van der Waals surface area contributed by atoms with Crippen LogP contribution >= 0.6 is 46.5 Å². The number of hydrogen-bond donors (Lipinski definition) is 0. The first-order valence-corrected chi connectivity index (χ1v) is 7.44. The summed E-state index contributed by atoms with van der Waals surface area (Å²) < 4.78 is 3.50. The number of hydrogen-bond acceptors (Lipinski definition) is 5. The Kier molecular flexibility index (Phi) is 4.32. The molecular formula is C10H12ClN3S3. The molecule has 2 heterocycles. The van der Waals surface area contributed by atoms with Crippen molar-refractivity contribution in [3.8, 4) is 0 Å². The van der Waals surface area contributed by atoms with Crippen molar-refractivity contribution < 1.29 is 0 Å². The fourth-order valence-corrected chi connectivity index (χ4v) is 3.71. The van der Waals surface area contributed by atoms with Crippen molar-refractivity contribution in [2.24, 2.45) is 0 Å². The van der Waals surface area contributed by atoms with Gasteiger partial charge in [0.15, 0.2) is 3.95 Å². The predicted molar refractivity (Wildman–Crippen MR) is 76.5 cm³/mol. The van der Waals surface area contributed by atoms with Crippen LogP contribution in [0.15, 0.2) is 12.1 Å². The zero-order chi connectivity index (χ0) is 12.4. The first-order chi connectivity index (χ1) is 8.04. The monoisotopic (exact) mass is 305 g/mol. The van der Waals surface area contributed by atoms with Crippen molar-refractivity contribution in [1.82, 2.24) is 14.7 Å². The second-order valence-electron chi connectivity index (χ2n) is 3.75. The lowest BCUT2D eigenvalue weighted by Crippen LogP contribution is -2.21. The third-order valence-electron chi connectivity index (χ3n) is 2.14. The van der Waals surface area contributed by atoms with E-state index in [-0.39, 0.29) is 0 Å². The smallest absolute Gasteiger partial charge is 0.180 e. The maximum atomic E-state index is 5.90. The Labute approximate surface area is 118 Å². The summed E-state index contributed by atoms with van der Waals surface area (Å²) in [5, 5.41) is 5.37. The highest BCUT2D eigenvalue weighted by atomic mass is 35.5. The van der Waals surface area contributed by atoms with E-state index in [4.69, 9.17) is 23.8 Å². The number of nitrogens with zero attached hydrogens (tertiary/aromatic N) is 3. The van der Waals surface area contributed by atoms with Crippen molar-refractivity contribution in [2.75, 3.05) is 7.05 Å². The minimum Gasteiger partial charge on any atom is -0.282 e. The SMILES string of the molecule is Cc1nn(CN(C)Cc2ccc(Cl)s2)c(=S)s1. The van der Waals surface area contributed by atoms with Gasteiger partial charge in [0, 0.05) is 11.4 Å². The van der Waals surface area contributed by atoms with Gasteiger partial charge in [-0.05, 0) is 38.3 Å². The Morgan fingerprint density at radius 3 is 2.76 bits per heavy atom. The van der Waals surface area contributed by atoms with Crippen molar-refractivity contribution in [1.29, 1.82) is 0 Å². The maximum Gasteiger partial charge on any atom is 0.180 e. The van der Waals surface area contributed by atoms with Gasteiger partial charge in [0.25, 0.3) is 0 Å². The number of thiophene rings is 1. The number of aryl methyl sites for hydroxylation is 1. The average molecular weight is 306 g/mol. The third kappa shape index (κ3) is 3.59. The highest BCUT2D eigenvalue weighted by Gasteiger charge is 2.06. The van der Waals surface area contributed by atoms with Crippen molar-refractivity contribution in [3.05, 3.63) is 30.3 Å². The van der Waals surface area contributed by atoms with E-state index in [1.54, 1.807) is 22.7 Å². The van der Waals surface area contributed by atoms with Gasteiger partial charge in [0.1, 0.15) is 5.01 Å². The fourth-order valence-electron chi connectivity index (χ4n) is 1.48. The molecule has 0 radical (unpaired) electrons. The molecule has 0 bridgehead atoms. The molecule has 0 aromatic carbocycles. The van der Waals surface area contributed by atoms with Gasteiger partial charge in [-0.15, -0.1) is 11.3 Å². The predicted octanol–water partition coefficient (Wildman–Crippen LogP) is 3.79. The molecular weight excluding hydrogens is 294 g/mol. The van der Waals surface area contributed by atoms with Crippen molar-refractivity contribution in [3.63, 3.8) is 0 Å². The minimum absolute atomic E-state index is 0.707. The molecule has 0 atom stereocenters. The molecule has 2 rings (SSSR count). The van der Waals surface area contributed by atoms with Crippen LogP contribution in [0, 0.1) is 10.9 Å². The molecule has 17 heavy (non-hydrogen) atoms. The quantitative estimate of drug-likeness (QED) is 0.802. The van der Waals surface area contributed by atoms with Gasteiger partial charge in [0.2, 0.25) is 0 Å². The first kappa shape index (κ1) is 13.2. The normalized spacial score (nSPS) is 11.3. The minimum atomic E-state index is 0.707. The van der Waals surface area contributed by atoms with Crippen LogP contribution in [0.1, 0.15) is 9.88 Å². The second-order valence-corrected chi connectivity index (χ2v) is 7.37. The number of aromatic nitrogens is 2. The second kappa shape index (κ2) is 5.58. The molecule has 0 aliphatic rings. The van der Waals surface area contributed by atoms with Crippen LogP contribution in [-0.2, 0) is 13.2 Å². The molecule has 2 aromatic rings. The topological polar surface area (TPSA) is 21.1 Å². The summed E-state index contributed by atoms with van der Waals surface area (Å²) in [6, 6.07) is 3.98. The number of rotatable bonds is 4. The molecule has 92 valence electrons. The largest absolute Gasteiger partial charge is 0.282 e. The van der Waals surface area contributed by atoms with Crippen molar-refractivity contribution in [2.45, 2.75) is 20.1 Å². The van der Waals surface area contributed by atoms with E-state index in [2.05, 4.69) is 16.1 Å². The Morgan fingerprint density at radius 1 is 1.47 bits per heavy atom. The molecule has 0 aliphatic carbocycles. The molecule has 0 fully saturated rings. The van der Waals surface area contributed by atoms with Gasteiger partial charge in [-0.3, -0.25) is 4.90 Å². The van der Waals surface area contributed by atoms with Gasteiger partial charge < -0.3 is 0 Å². The van der Waals surface area contributed by atoms with E-state index in [0.717, 1.165) is 19.8 Å². The van der Waals surface area contributed by atoms with Crippen LogP contribution in [0.25, 0.3) is 0 Å². The summed E-state index contributed by atoms with van der Waals surface area (Å²) in [5.41, 5.74) is 0. The lowest BCUT2D eigenvalue weighted by atomic mass is 10.4. The van der Waals surface area contributed by atoms with E-state index in [1.165, 1.54) is 4.88 Å². The first-order valence-electron chi connectivity index (χ1n) is 5.02. The van der Waals surface area contributed by atoms with Crippen LogP contribution in [0.3, 0.4) is 0 Å². The molecule has 0 N–H and O–H groups in total. The average Bonchev–Trinajstić information content (AvgIpc) is 2.74. The maximum absolute atomic E-state index is 5.90. The van der Waals surface area contributed by atoms with Crippen LogP contribution in [0.5, 0.6) is 0 Å². The third-order valence-corrected chi connectivity index (χ3v) is 4.58. The van der Waals surface area contributed by atoms with Gasteiger partial charge in [0.05, 0.1) is 11.0 Å². The molecule has 0 aliphatic heterocycles. The summed E-state index contributed by atoms with van der Waals surface area (Å²) in [4.78, 5) is 3.41. The van der Waals surface area contributed by atoms with Crippen LogP contribution < -0.4 is 0 Å². The van der Waals surface area contributed by atoms with Crippen LogP contribution in [0.2, 0.25) is 4.34 Å². The van der Waals surface area contributed by atoms with E-state index >= 15 is 0 Å². The van der Waals surface area contributed by atoms with Crippen molar-refractivity contribution >= 4 is 46.5 Å². The van der Waals surface area contributed by atoms with E-state index in [0.29, 0.717) is 6.67 Å². The standard InChI is InChI=1S/C10H12ClN3S3/c1-7-12-14(10(15)16-7)6-13(2)5-8-3-4-9(11)17-8/h3-4H,5-6H2,1-2H3. The summed E-state index contributed by atoms with van der Waals surface area (Å²) in [7, 11) is 2.05. The number of halogens is 1. The van der Waals surface area contributed by atoms with Gasteiger partial charge >= 0.3 is 0 Å². The molecule has 0 unspecified atom stereocenters. The fraction of sp³-hybridized carbons (Fsp3) is 0.400. The Balaban J connectivity index is 2.00. The Bertz CT molecular complexity index is 557. The molecule has 0 saturated heterocycles. The van der Waals surface area contributed by atoms with E-state index < -0.39 is 0 Å². The summed E-state index contributed by atoms with van der Waals surface area (Å²) in [6.45, 7) is 3.53. The zero-order valence-corrected chi connectivity index (χ0v) is 12.7. The molecule has 0 amide bonds. The molecule has 2 aromatic heterocycles. The molecule has 7 heteroatoms. The summed E-state index contributed by atoms with van der Waals surface area (Å²) >= 11 is 14.3. The molecule has 0 spiro atoms. The van der Waals surface area contributed by atoms with E-state index in [1.807, 2.05) is 24.7 Å². The summed E-state index contributed by atoms with van der Waals surface area (Å²) in [5.74, 6) is 0. The Morgan fingerprint density at radius 2 is 2.24 bits per heavy atom. The lowest BCUT2D eigenvalue weighted by molar-refractivity contribution is 0.247. The highest BCUT2D eigenvalue weighted by Crippen LogP contribution is 2.22. The molecule has 3 nitrogen and oxygen atoms in total. The van der Waals surface area contributed by atoms with Crippen LogP contribution in [0.4, 0.5) is 0 Å². The van der Waals surface area contributed by atoms with Crippen LogP contribution in [-0.4, -0.2) is 21.7 Å². The highest BCUT2D eigenvalue weighted by molar-refractivity contribution is 7.73. The summed E-state index contributed by atoms with van der Waals surface area (Å²) in [6.07, 6.45) is 0. The lowest BCUT2D eigenvalue weighted by Gasteiger charge is -2.15.